The molecule has 1 N–H and O–H groups in total. The van der Waals surface area contributed by atoms with Crippen molar-refractivity contribution in [1.82, 2.24) is 4.68 Å². The molecule has 7 nitrogen and oxygen atoms in total. The third kappa shape index (κ3) is 4.75. The second kappa shape index (κ2) is 7.18. The van der Waals surface area contributed by atoms with Crippen molar-refractivity contribution in [2.45, 2.75) is 66.4 Å². The van der Waals surface area contributed by atoms with Gasteiger partial charge < -0.3 is 9.47 Å². The van der Waals surface area contributed by atoms with E-state index in [1.54, 1.807) is 34.6 Å². The lowest BCUT2D eigenvalue weighted by Gasteiger charge is -2.25. The van der Waals surface area contributed by atoms with Gasteiger partial charge in [-0.15, -0.1) is 0 Å². The lowest BCUT2D eigenvalue weighted by molar-refractivity contribution is 0.0522. The zero-order valence-electron chi connectivity index (χ0n) is 16.2. The molecule has 0 atom stereocenters. The summed E-state index contributed by atoms with van der Waals surface area (Å²) < 4.78 is 11.8. The molecule has 0 aliphatic rings. The van der Waals surface area contributed by atoms with Crippen LogP contribution in [0.4, 0.5) is 4.79 Å². The number of ether oxygens (including phenoxy) is 2. The van der Waals surface area contributed by atoms with E-state index in [1.165, 1.54) is 4.68 Å². The topological polar surface area (TPSA) is 93.4 Å². The maximum Gasteiger partial charge on any atom is 0.426 e. The van der Waals surface area contributed by atoms with Gasteiger partial charge in [-0.3, -0.25) is 4.68 Å². The quantitative estimate of drug-likeness (QED) is 0.841. The minimum atomic E-state index is -0.672. The molecule has 1 aromatic heterocycles. The molecule has 1 aromatic rings. The molecule has 0 aromatic carbocycles. The standard InChI is InChI=1S/C18H27N3O4/c1-9-24-15(22)13-11(2)21(20-16(23)25-18(6,7)8)14(12(13)10-19)17(3,4)5/h9H2,1-8H3,(H,20,23). The summed E-state index contributed by atoms with van der Waals surface area (Å²) in [5, 5.41) is 9.62. The predicted octanol–water partition coefficient (Wildman–Crippen LogP) is 3.62. The van der Waals surface area contributed by atoms with Crippen LogP contribution in [-0.4, -0.2) is 28.9 Å². The van der Waals surface area contributed by atoms with E-state index in [1.807, 2.05) is 20.8 Å². The van der Waals surface area contributed by atoms with Gasteiger partial charge in [0.25, 0.3) is 0 Å². The van der Waals surface area contributed by atoms with Gasteiger partial charge in [0.15, 0.2) is 0 Å². The highest BCUT2D eigenvalue weighted by Crippen LogP contribution is 2.32. The Bertz CT molecular complexity index is 713. The highest BCUT2D eigenvalue weighted by Gasteiger charge is 2.33. The van der Waals surface area contributed by atoms with Crippen LogP contribution in [0.5, 0.6) is 0 Å². The first kappa shape index (κ1) is 20.6. The second-order valence-corrected chi connectivity index (χ2v) is 7.72. The van der Waals surface area contributed by atoms with E-state index in [-0.39, 0.29) is 17.7 Å². The molecular formula is C18H27N3O4. The van der Waals surface area contributed by atoms with Gasteiger partial charge in [0, 0.05) is 5.41 Å². The molecule has 0 fully saturated rings. The van der Waals surface area contributed by atoms with Crippen LogP contribution < -0.4 is 5.43 Å². The molecule has 0 radical (unpaired) electrons. The molecular weight excluding hydrogens is 322 g/mol. The largest absolute Gasteiger partial charge is 0.462 e. The van der Waals surface area contributed by atoms with Gasteiger partial charge in [-0.05, 0) is 34.6 Å². The smallest absolute Gasteiger partial charge is 0.426 e. The average Bonchev–Trinajstić information content (AvgIpc) is 2.69. The Labute approximate surface area is 148 Å². The van der Waals surface area contributed by atoms with Crippen molar-refractivity contribution < 1.29 is 19.1 Å². The molecule has 7 heteroatoms. The van der Waals surface area contributed by atoms with E-state index in [4.69, 9.17) is 9.47 Å². The summed E-state index contributed by atoms with van der Waals surface area (Å²) in [5.41, 5.74) is 2.74. The first-order chi connectivity index (χ1) is 11.3. The van der Waals surface area contributed by atoms with Crippen LogP contribution in [0.1, 0.15) is 75.8 Å². The Morgan fingerprint density at radius 1 is 1.20 bits per heavy atom. The number of rotatable bonds is 3. The minimum Gasteiger partial charge on any atom is -0.462 e. The van der Waals surface area contributed by atoms with Gasteiger partial charge in [-0.1, -0.05) is 20.8 Å². The third-order valence-electron chi connectivity index (χ3n) is 3.31. The zero-order valence-corrected chi connectivity index (χ0v) is 16.2. The van der Waals surface area contributed by atoms with Gasteiger partial charge in [-0.25, -0.2) is 15.0 Å². The van der Waals surface area contributed by atoms with Crippen molar-refractivity contribution in [3.8, 4) is 6.07 Å². The van der Waals surface area contributed by atoms with Crippen molar-refractivity contribution >= 4 is 12.1 Å². The van der Waals surface area contributed by atoms with Gasteiger partial charge >= 0.3 is 12.1 Å². The normalized spacial score (nSPS) is 11.6. The summed E-state index contributed by atoms with van der Waals surface area (Å²) in [4.78, 5) is 24.5. The highest BCUT2D eigenvalue weighted by atomic mass is 16.6. The molecule has 1 amide bonds. The monoisotopic (exact) mass is 349 g/mol. The van der Waals surface area contributed by atoms with E-state index >= 15 is 0 Å². The predicted molar refractivity (Wildman–Crippen MR) is 94.1 cm³/mol. The molecule has 0 aliphatic carbocycles. The summed E-state index contributed by atoms with van der Waals surface area (Å²) in [5.74, 6) is -0.591. The van der Waals surface area contributed by atoms with E-state index in [0.717, 1.165) is 0 Å². The summed E-state index contributed by atoms with van der Waals surface area (Å²) in [6.07, 6.45) is -0.670. The number of carbonyl (C=O) groups is 2. The molecule has 0 saturated carbocycles. The number of carbonyl (C=O) groups excluding carboxylic acids is 2. The molecule has 1 rings (SSSR count). The maximum absolute atomic E-state index is 12.3. The van der Waals surface area contributed by atoms with Crippen LogP contribution in [0.3, 0.4) is 0 Å². The first-order valence-electron chi connectivity index (χ1n) is 8.16. The Kier molecular flexibility index (Phi) is 5.90. The molecule has 0 unspecified atom stereocenters. The fraction of sp³-hybridized carbons (Fsp3) is 0.611. The van der Waals surface area contributed by atoms with Crippen molar-refractivity contribution in [2.24, 2.45) is 0 Å². The van der Waals surface area contributed by atoms with Gasteiger partial charge in [0.2, 0.25) is 0 Å². The van der Waals surface area contributed by atoms with Crippen LogP contribution in [0.15, 0.2) is 0 Å². The zero-order chi connectivity index (χ0) is 19.6. The van der Waals surface area contributed by atoms with Crippen LogP contribution in [-0.2, 0) is 14.9 Å². The number of hydrogen-bond acceptors (Lipinski definition) is 5. The summed E-state index contributed by atoms with van der Waals surface area (Å²) in [7, 11) is 0. The number of esters is 1. The van der Waals surface area contributed by atoms with E-state index < -0.39 is 23.1 Å². The van der Waals surface area contributed by atoms with Crippen LogP contribution in [0.2, 0.25) is 0 Å². The lowest BCUT2D eigenvalue weighted by Crippen LogP contribution is -2.34. The SMILES string of the molecule is CCOC(=O)c1c(C#N)c(C(C)(C)C)n(NC(=O)OC(C)(C)C)c1C. The number of amides is 1. The molecule has 0 saturated heterocycles. The molecule has 0 aliphatic heterocycles. The minimum absolute atomic E-state index is 0.158. The summed E-state index contributed by atoms with van der Waals surface area (Å²) in [6, 6.07) is 2.08. The van der Waals surface area contributed by atoms with Gasteiger partial charge in [0.1, 0.15) is 17.2 Å². The molecule has 0 spiro atoms. The second-order valence-electron chi connectivity index (χ2n) is 7.72. The number of nitrogens with one attached hydrogen (secondary N) is 1. The first-order valence-corrected chi connectivity index (χ1v) is 8.16. The number of nitriles is 1. The van der Waals surface area contributed by atoms with Crippen LogP contribution in [0.25, 0.3) is 0 Å². The molecule has 0 bridgehead atoms. The summed E-state index contributed by atoms with van der Waals surface area (Å²) >= 11 is 0. The van der Waals surface area contributed by atoms with E-state index in [9.17, 15) is 14.9 Å². The third-order valence-corrected chi connectivity index (χ3v) is 3.31. The van der Waals surface area contributed by atoms with Crippen LogP contribution >= 0.6 is 0 Å². The Balaban J connectivity index is 3.53. The molecule has 25 heavy (non-hydrogen) atoms. The van der Waals surface area contributed by atoms with E-state index in [2.05, 4.69) is 11.5 Å². The molecule has 138 valence electrons. The van der Waals surface area contributed by atoms with Crippen molar-refractivity contribution in [2.75, 3.05) is 12.0 Å². The number of hydrogen-bond donors (Lipinski definition) is 1. The van der Waals surface area contributed by atoms with Crippen molar-refractivity contribution in [3.63, 3.8) is 0 Å². The lowest BCUT2D eigenvalue weighted by atomic mass is 9.89. The van der Waals surface area contributed by atoms with Gasteiger partial charge in [0.05, 0.1) is 23.6 Å². The van der Waals surface area contributed by atoms with Crippen molar-refractivity contribution in [1.29, 1.82) is 5.26 Å². The summed E-state index contributed by atoms with van der Waals surface area (Å²) in [6.45, 7) is 14.5. The van der Waals surface area contributed by atoms with Gasteiger partial charge in [-0.2, -0.15) is 5.26 Å². The fourth-order valence-corrected chi connectivity index (χ4v) is 2.49. The van der Waals surface area contributed by atoms with E-state index in [0.29, 0.717) is 11.4 Å². The molecule has 1 heterocycles. The Hall–Kier alpha value is -2.49. The average molecular weight is 349 g/mol. The van der Waals surface area contributed by atoms with Crippen molar-refractivity contribution in [3.05, 3.63) is 22.5 Å². The number of aromatic nitrogens is 1. The maximum atomic E-state index is 12.3. The highest BCUT2D eigenvalue weighted by molar-refractivity contribution is 5.95. The Morgan fingerprint density at radius 2 is 1.76 bits per heavy atom. The van der Waals surface area contributed by atoms with Crippen LogP contribution in [0, 0.1) is 18.3 Å². The fourth-order valence-electron chi connectivity index (χ4n) is 2.49. The number of nitrogens with zero attached hydrogens (tertiary/aromatic N) is 2. The Morgan fingerprint density at radius 3 is 2.16 bits per heavy atom.